The molecule has 128 valence electrons. The van der Waals surface area contributed by atoms with Crippen molar-refractivity contribution in [2.75, 3.05) is 5.32 Å². The fraction of sp³-hybridized carbons (Fsp3) is 0.0500. The Morgan fingerprint density at radius 2 is 1.73 bits per heavy atom. The van der Waals surface area contributed by atoms with Gasteiger partial charge in [0.15, 0.2) is 5.78 Å². The number of nitrogens with one attached hydrogen (secondary N) is 1. The van der Waals surface area contributed by atoms with Crippen LogP contribution in [0.25, 0.3) is 0 Å². The van der Waals surface area contributed by atoms with Crippen molar-refractivity contribution in [3.8, 4) is 5.75 Å². The van der Waals surface area contributed by atoms with E-state index in [9.17, 15) is 14.9 Å². The van der Waals surface area contributed by atoms with E-state index in [2.05, 4.69) is 5.32 Å². The van der Waals surface area contributed by atoms with Crippen LogP contribution in [0.3, 0.4) is 0 Å². The maximum Gasteiger partial charge on any atom is 0.292 e. The van der Waals surface area contributed by atoms with Gasteiger partial charge in [-0.05, 0) is 36.4 Å². The van der Waals surface area contributed by atoms with E-state index in [1.54, 1.807) is 54.6 Å². The number of rotatable bonds is 3. The second kappa shape index (κ2) is 6.33. The molecule has 1 aliphatic heterocycles. The van der Waals surface area contributed by atoms with Crippen LogP contribution in [0.4, 0.5) is 17.1 Å². The summed E-state index contributed by atoms with van der Waals surface area (Å²) in [7, 11) is 0. The van der Waals surface area contributed by atoms with Gasteiger partial charge in [-0.15, -0.1) is 0 Å². The van der Waals surface area contributed by atoms with Crippen LogP contribution >= 0.6 is 0 Å². The van der Waals surface area contributed by atoms with E-state index >= 15 is 0 Å². The van der Waals surface area contributed by atoms with Crippen molar-refractivity contribution < 1.29 is 14.5 Å². The average Bonchev–Trinajstić information content (AvgIpc) is 2.79. The van der Waals surface area contributed by atoms with Gasteiger partial charge in [0.05, 0.1) is 10.5 Å². The molecule has 0 saturated heterocycles. The molecule has 0 aromatic heterocycles. The Kier molecular flexibility index (Phi) is 3.85. The van der Waals surface area contributed by atoms with E-state index in [1.165, 1.54) is 6.07 Å². The smallest absolute Gasteiger partial charge is 0.292 e. The molecule has 4 rings (SSSR count). The first kappa shape index (κ1) is 15.8. The quantitative estimate of drug-likeness (QED) is 0.559. The zero-order valence-corrected chi connectivity index (χ0v) is 13.6. The lowest BCUT2D eigenvalue weighted by molar-refractivity contribution is -0.383. The van der Waals surface area contributed by atoms with Gasteiger partial charge in [0.1, 0.15) is 18.0 Å². The Hall–Kier alpha value is -3.67. The molecule has 0 spiro atoms. The molecule has 3 aromatic carbocycles. The van der Waals surface area contributed by atoms with Gasteiger partial charge < -0.3 is 10.1 Å². The number of nitro groups is 1. The van der Waals surface area contributed by atoms with Crippen molar-refractivity contribution in [2.24, 2.45) is 0 Å². The predicted octanol–water partition coefficient (Wildman–Crippen LogP) is 4.46. The SMILES string of the molecule is O=C1c2ccc(Nc3ccccc3[N+](=O)[O-])cc2COc2ccccc21. The van der Waals surface area contributed by atoms with Gasteiger partial charge in [0.25, 0.3) is 5.69 Å². The minimum Gasteiger partial charge on any atom is -0.488 e. The third kappa shape index (κ3) is 2.77. The number of hydrogen-bond donors (Lipinski definition) is 1. The van der Waals surface area contributed by atoms with Gasteiger partial charge >= 0.3 is 0 Å². The second-order valence-corrected chi connectivity index (χ2v) is 5.89. The van der Waals surface area contributed by atoms with Crippen molar-refractivity contribution in [3.63, 3.8) is 0 Å². The van der Waals surface area contributed by atoms with Crippen molar-refractivity contribution in [1.29, 1.82) is 0 Å². The summed E-state index contributed by atoms with van der Waals surface area (Å²) in [5, 5.41) is 14.2. The largest absolute Gasteiger partial charge is 0.488 e. The van der Waals surface area contributed by atoms with Crippen LogP contribution in [-0.4, -0.2) is 10.7 Å². The Morgan fingerprint density at radius 3 is 2.58 bits per heavy atom. The van der Waals surface area contributed by atoms with Crippen molar-refractivity contribution in [2.45, 2.75) is 6.61 Å². The van der Waals surface area contributed by atoms with E-state index in [-0.39, 0.29) is 18.1 Å². The molecule has 0 unspecified atom stereocenters. The van der Waals surface area contributed by atoms with E-state index in [0.29, 0.717) is 28.3 Å². The highest BCUT2D eigenvalue weighted by molar-refractivity contribution is 6.12. The molecule has 6 heteroatoms. The topological polar surface area (TPSA) is 81.5 Å². The number of ketones is 1. The molecule has 0 bridgehead atoms. The number of carbonyl (C=O) groups is 1. The lowest BCUT2D eigenvalue weighted by Gasteiger charge is -2.10. The molecule has 0 saturated carbocycles. The summed E-state index contributed by atoms with van der Waals surface area (Å²) in [6.07, 6.45) is 0. The van der Waals surface area contributed by atoms with Crippen molar-refractivity contribution in [3.05, 3.63) is 93.5 Å². The number of fused-ring (bicyclic) bond motifs is 2. The number of para-hydroxylation sites is 3. The summed E-state index contributed by atoms with van der Waals surface area (Å²) >= 11 is 0. The highest BCUT2D eigenvalue weighted by Crippen LogP contribution is 2.32. The van der Waals surface area contributed by atoms with Crippen LogP contribution in [0.2, 0.25) is 0 Å². The summed E-state index contributed by atoms with van der Waals surface area (Å²) in [5.41, 5.74) is 2.87. The van der Waals surface area contributed by atoms with Crippen LogP contribution in [0.5, 0.6) is 5.75 Å². The highest BCUT2D eigenvalue weighted by atomic mass is 16.6. The molecular weight excluding hydrogens is 332 g/mol. The maximum absolute atomic E-state index is 12.8. The fourth-order valence-electron chi connectivity index (χ4n) is 2.99. The van der Waals surface area contributed by atoms with Gasteiger partial charge in [-0.3, -0.25) is 14.9 Å². The molecule has 26 heavy (non-hydrogen) atoms. The number of anilines is 2. The predicted molar refractivity (Wildman–Crippen MR) is 97.0 cm³/mol. The second-order valence-electron chi connectivity index (χ2n) is 5.89. The van der Waals surface area contributed by atoms with Crippen LogP contribution < -0.4 is 10.1 Å². The Labute approximate surface area is 149 Å². The lowest BCUT2D eigenvalue weighted by atomic mass is 9.98. The molecule has 6 nitrogen and oxygen atoms in total. The fourth-order valence-corrected chi connectivity index (χ4v) is 2.99. The Balaban J connectivity index is 1.69. The van der Waals surface area contributed by atoms with Gasteiger partial charge in [-0.2, -0.15) is 0 Å². The number of carbonyl (C=O) groups excluding carboxylic acids is 1. The van der Waals surface area contributed by atoms with Gasteiger partial charge in [0, 0.05) is 22.9 Å². The maximum atomic E-state index is 12.8. The first-order chi connectivity index (χ1) is 12.6. The molecule has 0 atom stereocenters. The lowest BCUT2D eigenvalue weighted by Crippen LogP contribution is -2.04. The summed E-state index contributed by atoms with van der Waals surface area (Å²) in [6, 6.07) is 18.8. The Bertz CT molecular complexity index is 1030. The summed E-state index contributed by atoms with van der Waals surface area (Å²) < 4.78 is 5.76. The Morgan fingerprint density at radius 1 is 0.962 bits per heavy atom. The number of nitrogens with zero attached hydrogens (tertiary/aromatic N) is 1. The minimum atomic E-state index is -0.435. The molecule has 3 aromatic rings. The third-order valence-electron chi connectivity index (χ3n) is 4.24. The molecule has 1 aliphatic rings. The van der Waals surface area contributed by atoms with Gasteiger partial charge in [-0.1, -0.05) is 24.3 Å². The summed E-state index contributed by atoms with van der Waals surface area (Å²) in [5.74, 6) is 0.465. The van der Waals surface area contributed by atoms with Crippen molar-refractivity contribution in [1.82, 2.24) is 0 Å². The van der Waals surface area contributed by atoms with E-state index < -0.39 is 4.92 Å². The zero-order valence-electron chi connectivity index (χ0n) is 13.6. The van der Waals surface area contributed by atoms with Crippen molar-refractivity contribution >= 4 is 22.8 Å². The van der Waals surface area contributed by atoms with Crippen LogP contribution in [0, 0.1) is 10.1 Å². The first-order valence-electron chi connectivity index (χ1n) is 8.03. The van der Waals surface area contributed by atoms with Crippen LogP contribution in [-0.2, 0) is 6.61 Å². The summed E-state index contributed by atoms with van der Waals surface area (Å²) in [6.45, 7) is 0.254. The van der Waals surface area contributed by atoms with E-state index in [4.69, 9.17) is 4.74 Å². The molecule has 0 fully saturated rings. The number of ether oxygens (including phenoxy) is 1. The van der Waals surface area contributed by atoms with Gasteiger partial charge in [0.2, 0.25) is 0 Å². The first-order valence-corrected chi connectivity index (χ1v) is 8.03. The molecular formula is C20H14N2O4. The standard InChI is InChI=1S/C20H14N2O4/c23-20-15-10-9-14(21-17-6-2-3-7-18(17)22(24)25)11-13(15)12-26-19-8-4-1-5-16(19)20/h1-11,21H,12H2. The average molecular weight is 346 g/mol. The molecule has 1 N–H and O–H groups in total. The normalized spacial score (nSPS) is 12.4. The number of hydrogen-bond acceptors (Lipinski definition) is 5. The van der Waals surface area contributed by atoms with E-state index in [0.717, 1.165) is 5.56 Å². The van der Waals surface area contributed by atoms with E-state index in [1.807, 2.05) is 6.07 Å². The third-order valence-corrected chi connectivity index (χ3v) is 4.24. The minimum absolute atomic E-state index is 0.0119. The van der Waals surface area contributed by atoms with Crippen LogP contribution in [0.15, 0.2) is 66.7 Å². The van der Waals surface area contributed by atoms with Gasteiger partial charge in [-0.25, -0.2) is 0 Å². The molecule has 0 amide bonds. The molecule has 1 heterocycles. The number of nitro benzene ring substituents is 1. The molecule has 0 radical (unpaired) electrons. The molecule has 0 aliphatic carbocycles. The highest BCUT2D eigenvalue weighted by Gasteiger charge is 2.22. The zero-order chi connectivity index (χ0) is 18.1. The number of benzene rings is 3. The monoisotopic (exact) mass is 346 g/mol. The van der Waals surface area contributed by atoms with Crippen LogP contribution in [0.1, 0.15) is 21.5 Å². The summed E-state index contributed by atoms with van der Waals surface area (Å²) in [4.78, 5) is 23.5.